The summed E-state index contributed by atoms with van der Waals surface area (Å²) in [5, 5.41) is 8.84. The highest BCUT2D eigenvalue weighted by Gasteiger charge is 2.06. The summed E-state index contributed by atoms with van der Waals surface area (Å²) in [6.45, 7) is 0. The monoisotopic (exact) mass is 342 g/mol. The van der Waals surface area contributed by atoms with Crippen molar-refractivity contribution >= 4 is 28.7 Å². The van der Waals surface area contributed by atoms with Crippen molar-refractivity contribution in [3.05, 3.63) is 78.4 Å². The number of H-pyrrole nitrogens is 1. The average Bonchev–Trinajstić information content (AvgIpc) is 3.11. The lowest BCUT2D eigenvalue weighted by Crippen LogP contribution is -1.86. The Morgan fingerprint density at radius 1 is 0.960 bits per heavy atom. The van der Waals surface area contributed by atoms with Crippen molar-refractivity contribution in [1.29, 1.82) is 5.26 Å². The molecule has 0 radical (unpaired) electrons. The highest BCUT2D eigenvalue weighted by molar-refractivity contribution is 8.00. The lowest BCUT2D eigenvalue weighted by Gasteiger charge is -2.05. The Bertz CT molecular complexity index is 1050. The van der Waals surface area contributed by atoms with Gasteiger partial charge in [-0.15, -0.1) is 0 Å². The summed E-state index contributed by atoms with van der Waals surface area (Å²) < 4.78 is 3.29. The van der Waals surface area contributed by atoms with Crippen LogP contribution in [-0.4, -0.2) is 9.97 Å². The van der Waals surface area contributed by atoms with Crippen LogP contribution in [0, 0.1) is 11.3 Å². The van der Waals surface area contributed by atoms with Gasteiger partial charge in [-0.25, -0.2) is 4.98 Å². The molecule has 0 aliphatic rings. The zero-order valence-corrected chi connectivity index (χ0v) is 14.0. The molecule has 1 aromatic heterocycles. The van der Waals surface area contributed by atoms with Crippen LogP contribution in [0.2, 0.25) is 0 Å². The van der Waals surface area contributed by atoms with Gasteiger partial charge >= 0.3 is 0 Å². The SMILES string of the molecule is N#Cc1ccc(NSc2ccc3nc(-c4ccccc4)[nH]c3c2)cc1. The number of hydrogen-bond acceptors (Lipinski definition) is 4. The third-order valence-corrected chi connectivity index (χ3v) is 4.63. The number of nitrogens with one attached hydrogen (secondary N) is 2. The van der Waals surface area contributed by atoms with Crippen molar-refractivity contribution in [3.8, 4) is 17.5 Å². The van der Waals surface area contributed by atoms with Crippen molar-refractivity contribution in [3.63, 3.8) is 0 Å². The van der Waals surface area contributed by atoms with Crippen molar-refractivity contribution < 1.29 is 0 Å². The number of aromatic amines is 1. The molecule has 4 rings (SSSR count). The number of aromatic nitrogens is 2. The predicted molar refractivity (Wildman–Crippen MR) is 102 cm³/mol. The van der Waals surface area contributed by atoms with Crippen molar-refractivity contribution in [1.82, 2.24) is 9.97 Å². The lowest BCUT2D eigenvalue weighted by atomic mass is 10.2. The van der Waals surface area contributed by atoms with Gasteiger partial charge in [-0.2, -0.15) is 5.26 Å². The molecule has 0 aliphatic carbocycles. The number of benzene rings is 3. The quantitative estimate of drug-likeness (QED) is 0.499. The van der Waals surface area contributed by atoms with Crippen LogP contribution in [0.1, 0.15) is 5.56 Å². The second-order valence-corrected chi connectivity index (χ2v) is 6.40. The minimum absolute atomic E-state index is 0.655. The van der Waals surface area contributed by atoms with E-state index in [1.54, 1.807) is 12.1 Å². The van der Waals surface area contributed by atoms with E-state index in [9.17, 15) is 0 Å². The fourth-order valence-electron chi connectivity index (χ4n) is 2.52. The van der Waals surface area contributed by atoms with E-state index in [1.807, 2.05) is 54.6 Å². The van der Waals surface area contributed by atoms with E-state index >= 15 is 0 Å². The minimum atomic E-state index is 0.655. The number of imidazole rings is 1. The standard InChI is InChI=1S/C20H14N4S/c21-13-14-6-8-16(9-7-14)24-25-17-10-11-18-19(12-17)23-20(22-18)15-4-2-1-3-5-15/h1-12,24H,(H,22,23). The average molecular weight is 342 g/mol. The maximum atomic E-state index is 8.84. The summed E-state index contributed by atoms with van der Waals surface area (Å²) >= 11 is 1.53. The smallest absolute Gasteiger partial charge is 0.138 e. The van der Waals surface area contributed by atoms with Gasteiger partial charge in [0.25, 0.3) is 0 Å². The third-order valence-electron chi connectivity index (χ3n) is 3.80. The number of anilines is 1. The molecular formula is C20H14N4S. The Hall–Kier alpha value is -3.23. The Balaban J connectivity index is 1.53. The summed E-state index contributed by atoms with van der Waals surface area (Å²) in [7, 11) is 0. The maximum absolute atomic E-state index is 8.84. The van der Waals surface area contributed by atoms with E-state index in [0.717, 1.165) is 33.0 Å². The first-order chi connectivity index (χ1) is 12.3. The molecule has 1 heterocycles. The van der Waals surface area contributed by atoms with Gasteiger partial charge in [-0.1, -0.05) is 30.3 Å². The van der Waals surface area contributed by atoms with E-state index in [2.05, 4.69) is 26.8 Å². The van der Waals surface area contributed by atoms with Crippen LogP contribution in [0.25, 0.3) is 22.4 Å². The normalized spacial score (nSPS) is 10.5. The summed E-state index contributed by atoms with van der Waals surface area (Å²) in [5.74, 6) is 0.873. The number of nitrogens with zero attached hydrogens (tertiary/aromatic N) is 2. The molecule has 2 N–H and O–H groups in total. The fourth-order valence-corrected chi connectivity index (χ4v) is 3.20. The summed E-state index contributed by atoms with van der Waals surface area (Å²) in [5.41, 5.74) is 4.64. The van der Waals surface area contributed by atoms with Gasteiger partial charge in [0.15, 0.2) is 0 Å². The van der Waals surface area contributed by atoms with Crippen LogP contribution in [0.4, 0.5) is 5.69 Å². The molecule has 0 fully saturated rings. The van der Waals surface area contributed by atoms with E-state index < -0.39 is 0 Å². The van der Waals surface area contributed by atoms with E-state index in [-0.39, 0.29) is 0 Å². The summed E-state index contributed by atoms with van der Waals surface area (Å²) in [4.78, 5) is 9.11. The van der Waals surface area contributed by atoms with Gasteiger partial charge in [0.2, 0.25) is 0 Å². The maximum Gasteiger partial charge on any atom is 0.138 e. The molecule has 3 aromatic carbocycles. The van der Waals surface area contributed by atoms with Crippen LogP contribution < -0.4 is 4.72 Å². The molecular weight excluding hydrogens is 328 g/mol. The largest absolute Gasteiger partial charge is 0.338 e. The molecule has 4 nitrogen and oxygen atoms in total. The second kappa shape index (κ2) is 6.71. The predicted octanol–water partition coefficient (Wildman–Crippen LogP) is 5.22. The Morgan fingerprint density at radius 2 is 1.76 bits per heavy atom. The number of rotatable bonds is 4. The highest BCUT2D eigenvalue weighted by atomic mass is 32.2. The number of hydrogen-bond donors (Lipinski definition) is 2. The van der Waals surface area contributed by atoms with Crippen molar-refractivity contribution in [2.75, 3.05) is 4.72 Å². The molecule has 0 spiro atoms. The van der Waals surface area contributed by atoms with E-state index in [4.69, 9.17) is 5.26 Å². The van der Waals surface area contributed by atoms with Gasteiger partial charge in [0.05, 0.1) is 22.7 Å². The zero-order valence-electron chi connectivity index (χ0n) is 13.2. The van der Waals surface area contributed by atoms with E-state index in [1.165, 1.54) is 11.9 Å². The Kier molecular flexibility index (Phi) is 4.11. The molecule has 5 heteroatoms. The molecule has 4 aromatic rings. The molecule has 120 valence electrons. The van der Waals surface area contributed by atoms with Gasteiger partial charge in [0, 0.05) is 16.1 Å². The molecule has 0 amide bonds. The molecule has 0 saturated heterocycles. The molecule has 0 atom stereocenters. The van der Waals surface area contributed by atoms with E-state index in [0.29, 0.717) is 5.56 Å². The minimum Gasteiger partial charge on any atom is -0.338 e. The van der Waals surface area contributed by atoms with Crippen molar-refractivity contribution in [2.45, 2.75) is 4.90 Å². The molecule has 25 heavy (non-hydrogen) atoms. The molecule has 0 bridgehead atoms. The first-order valence-electron chi connectivity index (χ1n) is 7.80. The first-order valence-corrected chi connectivity index (χ1v) is 8.62. The lowest BCUT2D eigenvalue weighted by molar-refractivity contribution is 1.34. The Labute approximate surface area is 149 Å². The molecule has 0 aliphatic heterocycles. The zero-order chi connectivity index (χ0) is 17.1. The van der Waals surface area contributed by atoms with Gasteiger partial charge < -0.3 is 9.71 Å². The topological polar surface area (TPSA) is 64.5 Å². The van der Waals surface area contributed by atoms with Crippen LogP contribution >= 0.6 is 11.9 Å². The van der Waals surface area contributed by atoms with Gasteiger partial charge in [-0.05, 0) is 54.4 Å². The number of fused-ring (bicyclic) bond motifs is 1. The third kappa shape index (κ3) is 3.35. The van der Waals surface area contributed by atoms with Crippen LogP contribution in [-0.2, 0) is 0 Å². The summed E-state index contributed by atoms with van der Waals surface area (Å²) in [6, 6.07) is 25.7. The fraction of sp³-hybridized carbons (Fsp3) is 0. The van der Waals surface area contributed by atoms with Crippen molar-refractivity contribution in [2.24, 2.45) is 0 Å². The number of nitriles is 1. The second-order valence-electron chi connectivity index (χ2n) is 5.52. The highest BCUT2D eigenvalue weighted by Crippen LogP contribution is 2.26. The Morgan fingerprint density at radius 3 is 2.52 bits per heavy atom. The molecule has 0 unspecified atom stereocenters. The van der Waals surface area contributed by atoms with Crippen LogP contribution in [0.5, 0.6) is 0 Å². The van der Waals surface area contributed by atoms with Gasteiger partial charge in [0.1, 0.15) is 5.82 Å². The van der Waals surface area contributed by atoms with Gasteiger partial charge in [-0.3, -0.25) is 0 Å². The molecule has 0 saturated carbocycles. The van der Waals surface area contributed by atoms with Crippen LogP contribution in [0.15, 0.2) is 77.7 Å². The summed E-state index contributed by atoms with van der Waals surface area (Å²) in [6.07, 6.45) is 0. The van der Waals surface area contributed by atoms with Crippen LogP contribution in [0.3, 0.4) is 0 Å². The first kappa shape index (κ1) is 15.3.